The van der Waals surface area contributed by atoms with Crippen LogP contribution in [0.15, 0.2) is 42.5 Å². The van der Waals surface area contributed by atoms with Crippen LogP contribution in [-0.2, 0) is 6.54 Å². The van der Waals surface area contributed by atoms with Gasteiger partial charge in [0.1, 0.15) is 13.2 Å². The van der Waals surface area contributed by atoms with E-state index < -0.39 is 0 Å². The van der Waals surface area contributed by atoms with Gasteiger partial charge >= 0.3 is 0 Å². The van der Waals surface area contributed by atoms with Crippen molar-refractivity contribution in [2.24, 2.45) is 5.73 Å². The van der Waals surface area contributed by atoms with E-state index in [4.69, 9.17) is 15.2 Å². The van der Waals surface area contributed by atoms with Crippen LogP contribution in [0.5, 0.6) is 11.5 Å². The summed E-state index contributed by atoms with van der Waals surface area (Å²) in [5.74, 6) is 1.63. The van der Waals surface area contributed by atoms with Crippen molar-refractivity contribution in [1.29, 1.82) is 0 Å². The molecule has 0 aliphatic carbocycles. The summed E-state index contributed by atoms with van der Waals surface area (Å²) in [6.45, 7) is 1.76. The summed E-state index contributed by atoms with van der Waals surface area (Å²) in [7, 11) is 0. The zero-order valence-corrected chi connectivity index (χ0v) is 11.3. The molecule has 0 radical (unpaired) electrons. The topological polar surface area (TPSA) is 44.5 Å². The van der Waals surface area contributed by atoms with Crippen LogP contribution in [0.4, 0.5) is 0 Å². The number of ether oxygens (including phenoxy) is 2. The van der Waals surface area contributed by atoms with E-state index in [1.54, 1.807) is 0 Å². The highest BCUT2D eigenvalue weighted by molar-refractivity contribution is 5.85. The van der Waals surface area contributed by atoms with Gasteiger partial charge in [-0.15, -0.1) is 12.4 Å². The van der Waals surface area contributed by atoms with Gasteiger partial charge in [-0.1, -0.05) is 30.3 Å². The molecule has 2 N–H and O–H groups in total. The lowest BCUT2D eigenvalue weighted by Crippen LogP contribution is -2.15. The lowest BCUT2D eigenvalue weighted by atomic mass is 9.99. The molecule has 2 aromatic carbocycles. The van der Waals surface area contributed by atoms with Crippen molar-refractivity contribution in [1.82, 2.24) is 0 Å². The first kappa shape index (κ1) is 13.7. The molecular formula is C15H16ClNO2. The summed E-state index contributed by atoms with van der Waals surface area (Å²) in [4.78, 5) is 0. The van der Waals surface area contributed by atoms with Crippen LogP contribution in [0.25, 0.3) is 11.1 Å². The fraction of sp³-hybridized carbons (Fsp3) is 0.200. The lowest BCUT2D eigenvalue weighted by Gasteiger charge is -2.19. The van der Waals surface area contributed by atoms with Gasteiger partial charge in [0, 0.05) is 6.54 Å². The molecule has 0 spiro atoms. The fourth-order valence-corrected chi connectivity index (χ4v) is 2.19. The van der Waals surface area contributed by atoms with Crippen LogP contribution in [0, 0.1) is 0 Å². The van der Waals surface area contributed by atoms with E-state index in [9.17, 15) is 0 Å². The Balaban J connectivity index is 0.00000133. The summed E-state index contributed by atoms with van der Waals surface area (Å²) in [5, 5.41) is 0. The number of halogens is 1. The van der Waals surface area contributed by atoms with E-state index in [2.05, 4.69) is 6.07 Å². The standard InChI is InChI=1S/C15H15NO2.ClH/c16-10-12-3-1-2-4-13(12)11-5-6-14-15(9-11)18-8-7-17-14;/h1-6,9H,7-8,10,16H2;1H. The normalized spacial score (nSPS) is 12.7. The summed E-state index contributed by atoms with van der Waals surface area (Å²) in [5.41, 5.74) is 9.16. The zero-order valence-electron chi connectivity index (χ0n) is 10.5. The van der Waals surface area contributed by atoms with Crippen LogP contribution in [0.3, 0.4) is 0 Å². The van der Waals surface area contributed by atoms with E-state index in [1.807, 2.05) is 36.4 Å². The molecular weight excluding hydrogens is 262 g/mol. The number of rotatable bonds is 2. The Kier molecular flexibility index (Phi) is 4.30. The zero-order chi connectivity index (χ0) is 12.4. The Hall–Kier alpha value is -1.71. The van der Waals surface area contributed by atoms with E-state index in [1.165, 1.54) is 0 Å². The average Bonchev–Trinajstić information content (AvgIpc) is 2.46. The third kappa shape index (κ3) is 2.67. The van der Waals surface area contributed by atoms with Crippen LogP contribution < -0.4 is 15.2 Å². The molecule has 0 amide bonds. The predicted molar refractivity (Wildman–Crippen MR) is 78.0 cm³/mol. The summed E-state index contributed by atoms with van der Waals surface area (Å²) < 4.78 is 11.1. The first-order chi connectivity index (χ1) is 8.88. The van der Waals surface area contributed by atoms with Crippen molar-refractivity contribution < 1.29 is 9.47 Å². The highest BCUT2D eigenvalue weighted by Crippen LogP contribution is 2.35. The van der Waals surface area contributed by atoms with E-state index in [0.717, 1.165) is 28.2 Å². The molecule has 1 aliphatic rings. The minimum atomic E-state index is 0. The molecule has 0 atom stereocenters. The quantitative estimate of drug-likeness (QED) is 0.918. The molecule has 0 unspecified atom stereocenters. The minimum Gasteiger partial charge on any atom is -0.486 e. The molecule has 19 heavy (non-hydrogen) atoms. The molecule has 3 rings (SSSR count). The first-order valence-electron chi connectivity index (χ1n) is 6.06. The van der Waals surface area contributed by atoms with Gasteiger partial charge in [0.25, 0.3) is 0 Å². The molecule has 100 valence electrons. The third-order valence-electron chi connectivity index (χ3n) is 3.09. The van der Waals surface area contributed by atoms with Crippen LogP contribution >= 0.6 is 12.4 Å². The molecule has 0 aromatic heterocycles. The van der Waals surface area contributed by atoms with Crippen LogP contribution in [-0.4, -0.2) is 13.2 Å². The third-order valence-corrected chi connectivity index (χ3v) is 3.09. The van der Waals surface area contributed by atoms with Crippen molar-refractivity contribution in [3.8, 4) is 22.6 Å². The van der Waals surface area contributed by atoms with Crippen LogP contribution in [0.1, 0.15) is 5.56 Å². The smallest absolute Gasteiger partial charge is 0.161 e. The molecule has 0 fully saturated rings. The molecule has 3 nitrogen and oxygen atoms in total. The molecule has 2 aromatic rings. The Bertz CT molecular complexity index is 572. The van der Waals surface area contributed by atoms with E-state index in [-0.39, 0.29) is 12.4 Å². The number of hydrogen-bond acceptors (Lipinski definition) is 3. The molecule has 1 heterocycles. The van der Waals surface area contributed by atoms with Gasteiger partial charge in [-0.2, -0.15) is 0 Å². The molecule has 0 saturated carbocycles. The van der Waals surface area contributed by atoms with Crippen molar-refractivity contribution in [3.05, 3.63) is 48.0 Å². The first-order valence-corrected chi connectivity index (χ1v) is 6.06. The maximum atomic E-state index is 5.77. The second kappa shape index (κ2) is 5.95. The molecule has 0 bridgehead atoms. The summed E-state index contributed by atoms with van der Waals surface area (Å²) in [6, 6.07) is 14.2. The highest BCUT2D eigenvalue weighted by Gasteiger charge is 2.13. The van der Waals surface area contributed by atoms with Crippen molar-refractivity contribution in [3.63, 3.8) is 0 Å². The second-order valence-electron chi connectivity index (χ2n) is 4.22. The summed E-state index contributed by atoms with van der Waals surface area (Å²) >= 11 is 0. The van der Waals surface area contributed by atoms with Crippen molar-refractivity contribution in [2.75, 3.05) is 13.2 Å². The number of fused-ring (bicyclic) bond motifs is 1. The second-order valence-corrected chi connectivity index (χ2v) is 4.22. The van der Waals surface area contributed by atoms with E-state index in [0.29, 0.717) is 19.8 Å². The largest absolute Gasteiger partial charge is 0.486 e. The number of hydrogen-bond donors (Lipinski definition) is 1. The monoisotopic (exact) mass is 277 g/mol. The minimum absolute atomic E-state index is 0. The van der Waals surface area contributed by atoms with Gasteiger partial charge in [-0.3, -0.25) is 0 Å². The molecule has 4 heteroatoms. The molecule has 0 saturated heterocycles. The van der Waals surface area contributed by atoms with Gasteiger partial charge in [-0.05, 0) is 28.8 Å². The van der Waals surface area contributed by atoms with E-state index >= 15 is 0 Å². The molecule has 1 aliphatic heterocycles. The Morgan fingerprint density at radius 1 is 0.947 bits per heavy atom. The summed E-state index contributed by atoms with van der Waals surface area (Å²) in [6.07, 6.45) is 0. The predicted octanol–water partition coefficient (Wildman–Crippen LogP) is 3.01. The van der Waals surface area contributed by atoms with Crippen molar-refractivity contribution in [2.45, 2.75) is 6.54 Å². The van der Waals surface area contributed by atoms with Gasteiger partial charge in [-0.25, -0.2) is 0 Å². The number of nitrogens with two attached hydrogens (primary N) is 1. The Labute approximate surface area is 118 Å². The van der Waals surface area contributed by atoms with Gasteiger partial charge in [0.15, 0.2) is 11.5 Å². The highest BCUT2D eigenvalue weighted by atomic mass is 35.5. The Morgan fingerprint density at radius 3 is 2.47 bits per heavy atom. The fourth-order valence-electron chi connectivity index (χ4n) is 2.19. The number of benzene rings is 2. The maximum absolute atomic E-state index is 5.77. The Morgan fingerprint density at radius 2 is 1.68 bits per heavy atom. The van der Waals surface area contributed by atoms with Gasteiger partial charge in [0.2, 0.25) is 0 Å². The average molecular weight is 278 g/mol. The van der Waals surface area contributed by atoms with Gasteiger partial charge in [0.05, 0.1) is 0 Å². The van der Waals surface area contributed by atoms with Crippen molar-refractivity contribution >= 4 is 12.4 Å². The lowest BCUT2D eigenvalue weighted by molar-refractivity contribution is 0.171. The maximum Gasteiger partial charge on any atom is 0.161 e. The van der Waals surface area contributed by atoms with Crippen LogP contribution in [0.2, 0.25) is 0 Å². The SMILES string of the molecule is Cl.NCc1ccccc1-c1ccc2c(c1)OCCO2. The van der Waals surface area contributed by atoms with Gasteiger partial charge < -0.3 is 15.2 Å².